The topological polar surface area (TPSA) is 77.8 Å². The molecule has 0 saturated carbocycles. The van der Waals surface area contributed by atoms with E-state index in [-0.39, 0.29) is 30.0 Å². The van der Waals surface area contributed by atoms with Crippen molar-refractivity contribution in [3.8, 4) is 0 Å². The predicted octanol–water partition coefficient (Wildman–Crippen LogP) is 2.07. The Labute approximate surface area is 116 Å². The van der Waals surface area contributed by atoms with Crippen molar-refractivity contribution >= 4 is 23.2 Å². The quantitative estimate of drug-likeness (QED) is 0.804. The van der Waals surface area contributed by atoms with Crippen molar-refractivity contribution in [2.45, 2.75) is 32.7 Å². The third-order valence-electron chi connectivity index (χ3n) is 3.01. The zero-order valence-electron chi connectivity index (χ0n) is 11.1. The molecule has 6 heteroatoms. The van der Waals surface area contributed by atoms with Gasteiger partial charge in [0.15, 0.2) is 0 Å². The SMILES string of the molecule is CCC(CC)N(CCO)C(=O)c1ccc(C(=O)O)s1. The molecule has 0 aliphatic rings. The second-order valence-electron chi connectivity index (χ2n) is 4.16. The number of carboxylic acids is 1. The van der Waals surface area contributed by atoms with Crippen molar-refractivity contribution in [3.63, 3.8) is 0 Å². The fourth-order valence-electron chi connectivity index (χ4n) is 2.00. The fourth-order valence-corrected chi connectivity index (χ4v) is 2.80. The lowest BCUT2D eigenvalue weighted by Gasteiger charge is -2.29. The zero-order chi connectivity index (χ0) is 14.4. The average Bonchev–Trinajstić information content (AvgIpc) is 2.88. The van der Waals surface area contributed by atoms with Gasteiger partial charge in [-0.2, -0.15) is 0 Å². The molecule has 0 fully saturated rings. The summed E-state index contributed by atoms with van der Waals surface area (Å²) in [6.07, 6.45) is 1.61. The van der Waals surface area contributed by atoms with Crippen LogP contribution in [0, 0.1) is 0 Å². The summed E-state index contributed by atoms with van der Waals surface area (Å²) in [5.41, 5.74) is 0. The molecule has 0 atom stereocenters. The van der Waals surface area contributed by atoms with Crippen molar-refractivity contribution in [2.75, 3.05) is 13.2 Å². The van der Waals surface area contributed by atoms with Gasteiger partial charge in [-0.25, -0.2) is 4.79 Å². The fraction of sp³-hybridized carbons (Fsp3) is 0.538. The number of nitrogens with zero attached hydrogens (tertiary/aromatic N) is 1. The van der Waals surface area contributed by atoms with Crippen LogP contribution in [0.2, 0.25) is 0 Å². The summed E-state index contributed by atoms with van der Waals surface area (Å²) in [6.45, 7) is 4.15. The third-order valence-corrected chi connectivity index (χ3v) is 4.07. The van der Waals surface area contributed by atoms with Crippen molar-refractivity contribution in [1.29, 1.82) is 0 Å². The van der Waals surface area contributed by atoms with Gasteiger partial charge in [0, 0.05) is 12.6 Å². The van der Waals surface area contributed by atoms with Crippen molar-refractivity contribution in [3.05, 3.63) is 21.9 Å². The highest BCUT2D eigenvalue weighted by molar-refractivity contribution is 7.15. The number of carbonyl (C=O) groups is 2. The van der Waals surface area contributed by atoms with Crippen LogP contribution < -0.4 is 0 Å². The molecule has 0 aromatic carbocycles. The molecule has 106 valence electrons. The van der Waals surface area contributed by atoms with E-state index in [9.17, 15) is 9.59 Å². The Morgan fingerprint density at radius 1 is 1.26 bits per heavy atom. The van der Waals surface area contributed by atoms with Gasteiger partial charge in [-0.1, -0.05) is 13.8 Å². The Morgan fingerprint density at radius 2 is 1.84 bits per heavy atom. The Hall–Kier alpha value is -1.40. The largest absolute Gasteiger partial charge is 0.477 e. The molecule has 1 heterocycles. The van der Waals surface area contributed by atoms with Crippen LogP contribution in [-0.2, 0) is 0 Å². The molecule has 0 radical (unpaired) electrons. The lowest BCUT2D eigenvalue weighted by molar-refractivity contribution is 0.0627. The van der Waals surface area contributed by atoms with Gasteiger partial charge in [0.05, 0.1) is 11.5 Å². The van der Waals surface area contributed by atoms with Gasteiger partial charge in [0.1, 0.15) is 4.88 Å². The van der Waals surface area contributed by atoms with Crippen molar-refractivity contribution in [2.24, 2.45) is 0 Å². The molecule has 0 spiro atoms. The number of aliphatic hydroxyl groups is 1. The normalized spacial score (nSPS) is 10.7. The predicted molar refractivity (Wildman–Crippen MR) is 73.8 cm³/mol. The summed E-state index contributed by atoms with van der Waals surface area (Å²) in [4.78, 5) is 25.4. The Balaban J connectivity index is 2.94. The van der Waals surface area contributed by atoms with Gasteiger partial charge in [0.2, 0.25) is 0 Å². The van der Waals surface area contributed by atoms with E-state index in [4.69, 9.17) is 10.2 Å². The summed E-state index contributed by atoms with van der Waals surface area (Å²) in [5.74, 6) is -1.24. The molecule has 1 amide bonds. The minimum Gasteiger partial charge on any atom is -0.477 e. The molecular weight excluding hydrogens is 266 g/mol. The summed E-state index contributed by atoms with van der Waals surface area (Å²) in [7, 11) is 0. The highest BCUT2D eigenvalue weighted by Crippen LogP contribution is 2.21. The molecule has 0 aliphatic carbocycles. The van der Waals surface area contributed by atoms with Crippen LogP contribution >= 0.6 is 11.3 Å². The maximum absolute atomic E-state index is 12.4. The van der Waals surface area contributed by atoms with Gasteiger partial charge in [-0.15, -0.1) is 11.3 Å². The summed E-state index contributed by atoms with van der Waals surface area (Å²) >= 11 is 0.969. The van der Waals surface area contributed by atoms with E-state index >= 15 is 0 Å². The number of thiophene rings is 1. The van der Waals surface area contributed by atoms with Gasteiger partial charge in [-0.3, -0.25) is 4.79 Å². The first-order valence-corrected chi connectivity index (χ1v) is 7.11. The van der Waals surface area contributed by atoms with E-state index in [1.165, 1.54) is 12.1 Å². The smallest absolute Gasteiger partial charge is 0.345 e. The molecule has 0 aliphatic heterocycles. The number of rotatable bonds is 7. The molecular formula is C13H19NO4S. The van der Waals surface area contributed by atoms with Crippen LogP contribution in [0.3, 0.4) is 0 Å². The van der Waals surface area contributed by atoms with Gasteiger partial charge < -0.3 is 15.1 Å². The highest BCUT2D eigenvalue weighted by atomic mass is 32.1. The number of carboxylic acid groups (broad SMARTS) is 1. The molecule has 1 aromatic rings. The van der Waals surface area contributed by atoms with Gasteiger partial charge >= 0.3 is 5.97 Å². The molecule has 1 rings (SSSR count). The maximum Gasteiger partial charge on any atom is 0.345 e. The van der Waals surface area contributed by atoms with E-state index in [0.717, 1.165) is 24.2 Å². The van der Waals surface area contributed by atoms with E-state index in [0.29, 0.717) is 4.88 Å². The molecule has 5 nitrogen and oxygen atoms in total. The second-order valence-corrected chi connectivity index (χ2v) is 5.25. The molecule has 0 bridgehead atoms. The molecule has 1 aromatic heterocycles. The van der Waals surface area contributed by atoms with E-state index in [1.54, 1.807) is 4.90 Å². The van der Waals surface area contributed by atoms with E-state index in [1.807, 2.05) is 13.8 Å². The minimum atomic E-state index is -1.03. The summed E-state index contributed by atoms with van der Waals surface area (Å²) < 4.78 is 0. The Morgan fingerprint density at radius 3 is 2.26 bits per heavy atom. The van der Waals surface area contributed by atoms with E-state index in [2.05, 4.69) is 0 Å². The standard InChI is InChI=1S/C13H19NO4S/c1-3-9(4-2)14(7-8-15)12(16)10-5-6-11(19-10)13(17)18/h5-6,9,15H,3-4,7-8H2,1-2H3,(H,17,18). The molecule has 2 N–H and O–H groups in total. The number of amides is 1. The van der Waals surface area contributed by atoms with Crippen LogP contribution in [0.5, 0.6) is 0 Å². The number of hydrogen-bond donors (Lipinski definition) is 2. The third kappa shape index (κ3) is 3.78. The van der Waals surface area contributed by atoms with Crippen LogP contribution in [-0.4, -0.2) is 46.2 Å². The van der Waals surface area contributed by atoms with Crippen molar-refractivity contribution in [1.82, 2.24) is 4.90 Å². The summed E-state index contributed by atoms with van der Waals surface area (Å²) in [5, 5.41) is 18.0. The van der Waals surface area contributed by atoms with Gasteiger partial charge in [-0.05, 0) is 25.0 Å². The van der Waals surface area contributed by atoms with Crippen molar-refractivity contribution < 1.29 is 19.8 Å². The number of aliphatic hydroxyl groups excluding tert-OH is 1. The number of hydrogen-bond acceptors (Lipinski definition) is 4. The monoisotopic (exact) mass is 285 g/mol. The Bertz CT molecular complexity index is 440. The first kappa shape index (κ1) is 15.7. The first-order chi connectivity index (χ1) is 9.04. The highest BCUT2D eigenvalue weighted by Gasteiger charge is 2.23. The molecule has 19 heavy (non-hydrogen) atoms. The van der Waals surface area contributed by atoms with Crippen LogP contribution in [0.15, 0.2) is 12.1 Å². The lowest BCUT2D eigenvalue weighted by Crippen LogP contribution is -2.41. The maximum atomic E-state index is 12.4. The first-order valence-electron chi connectivity index (χ1n) is 6.30. The van der Waals surface area contributed by atoms with Gasteiger partial charge in [0.25, 0.3) is 5.91 Å². The Kier molecular flexibility index (Phi) is 5.98. The van der Waals surface area contributed by atoms with E-state index < -0.39 is 5.97 Å². The molecule has 0 unspecified atom stereocenters. The summed E-state index contributed by atoms with van der Waals surface area (Å²) in [6, 6.07) is 3.03. The van der Waals surface area contributed by atoms with Crippen LogP contribution in [0.1, 0.15) is 46.0 Å². The van der Waals surface area contributed by atoms with Crippen LogP contribution in [0.4, 0.5) is 0 Å². The zero-order valence-corrected chi connectivity index (χ0v) is 11.9. The minimum absolute atomic E-state index is 0.0648. The average molecular weight is 285 g/mol. The second kappa shape index (κ2) is 7.25. The molecule has 0 saturated heterocycles. The van der Waals surface area contributed by atoms with Crippen LogP contribution in [0.25, 0.3) is 0 Å². The number of aromatic carboxylic acids is 1. The number of carbonyl (C=O) groups excluding carboxylic acids is 1. The lowest BCUT2D eigenvalue weighted by atomic mass is 10.1.